The Balaban J connectivity index is 2.93. The third kappa shape index (κ3) is 1.98. The van der Waals surface area contributed by atoms with Crippen molar-refractivity contribution in [3.8, 4) is 6.07 Å². The fraction of sp³-hybridized carbons (Fsp3) is 0.222. The summed E-state index contributed by atoms with van der Waals surface area (Å²) in [7, 11) is 0. The van der Waals surface area contributed by atoms with Crippen LogP contribution in [0, 0.1) is 11.3 Å². The maximum atomic E-state index is 8.61. The maximum absolute atomic E-state index is 8.61. The van der Waals surface area contributed by atoms with Crippen LogP contribution in [0.15, 0.2) is 35.6 Å². The monoisotopic (exact) mass is 146 g/mol. The molecule has 0 heterocycles. The molecule has 0 atom stereocenters. The highest BCUT2D eigenvalue weighted by Crippen LogP contribution is 2.08. The van der Waals surface area contributed by atoms with E-state index in [-0.39, 0.29) is 0 Å². The van der Waals surface area contributed by atoms with Crippen molar-refractivity contribution in [1.29, 1.82) is 5.26 Å². The van der Waals surface area contributed by atoms with E-state index in [4.69, 9.17) is 11.0 Å². The third-order valence-electron chi connectivity index (χ3n) is 1.53. The van der Waals surface area contributed by atoms with Crippen LogP contribution in [-0.4, -0.2) is 0 Å². The zero-order valence-electron chi connectivity index (χ0n) is 6.25. The van der Waals surface area contributed by atoms with Gasteiger partial charge in [-0.2, -0.15) is 5.26 Å². The maximum Gasteiger partial charge on any atom is 0.101 e. The van der Waals surface area contributed by atoms with Gasteiger partial charge in [0.1, 0.15) is 6.07 Å². The summed E-state index contributed by atoms with van der Waals surface area (Å²) in [5.74, 6) is 0. The second kappa shape index (κ2) is 3.62. The fourth-order valence-electron chi connectivity index (χ4n) is 0.904. The van der Waals surface area contributed by atoms with Crippen LogP contribution < -0.4 is 5.73 Å². The van der Waals surface area contributed by atoms with Crippen molar-refractivity contribution < 1.29 is 0 Å². The Morgan fingerprint density at radius 1 is 1.45 bits per heavy atom. The van der Waals surface area contributed by atoms with Crippen molar-refractivity contribution in [3.05, 3.63) is 35.6 Å². The minimum absolute atomic E-state index is 0.556. The van der Waals surface area contributed by atoms with Gasteiger partial charge in [-0.3, -0.25) is 0 Å². The molecule has 0 spiro atoms. The third-order valence-corrected chi connectivity index (χ3v) is 1.53. The molecular weight excluding hydrogens is 136 g/mol. The lowest BCUT2D eigenvalue weighted by Gasteiger charge is -1.99. The first-order valence-electron chi connectivity index (χ1n) is 3.57. The minimum Gasteiger partial charge on any atom is -0.398 e. The highest BCUT2D eigenvalue weighted by molar-refractivity contribution is 5.42. The van der Waals surface area contributed by atoms with Gasteiger partial charge in [0, 0.05) is 5.70 Å². The number of hydrogen-bond acceptors (Lipinski definition) is 2. The Kier molecular flexibility index (Phi) is 2.51. The van der Waals surface area contributed by atoms with Crippen LogP contribution in [0.25, 0.3) is 0 Å². The molecule has 56 valence electrons. The molecule has 0 saturated heterocycles. The first-order valence-corrected chi connectivity index (χ1v) is 3.57. The molecule has 0 radical (unpaired) electrons. The van der Waals surface area contributed by atoms with Gasteiger partial charge in [0.2, 0.25) is 0 Å². The summed E-state index contributed by atoms with van der Waals surface area (Å²) in [6.07, 6.45) is 9.44. The van der Waals surface area contributed by atoms with E-state index < -0.39 is 0 Å². The van der Waals surface area contributed by atoms with E-state index in [0.29, 0.717) is 11.3 Å². The van der Waals surface area contributed by atoms with E-state index in [0.717, 1.165) is 12.8 Å². The zero-order chi connectivity index (χ0) is 8.10. The summed E-state index contributed by atoms with van der Waals surface area (Å²) in [6.45, 7) is 0. The van der Waals surface area contributed by atoms with E-state index in [9.17, 15) is 0 Å². The van der Waals surface area contributed by atoms with Crippen LogP contribution in [0.1, 0.15) is 12.8 Å². The summed E-state index contributed by atoms with van der Waals surface area (Å²) in [5, 5.41) is 8.61. The summed E-state index contributed by atoms with van der Waals surface area (Å²) in [4.78, 5) is 0. The number of nitriles is 1. The molecule has 0 aromatic carbocycles. The molecule has 1 aliphatic rings. The van der Waals surface area contributed by atoms with Crippen molar-refractivity contribution in [2.75, 3.05) is 0 Å². The summed E-state index contributed by atoms with van der Waals surface area (Å²) >= 11 is 0. The van der Waals surface area contributed by atoms with Crippen LogP contribution in [0.2, 0.25) is 0 Å². The van der Waals surface area contributed by atoms with Gasteiger partial charge < -0.3 is 5.73 Å². The standard InChI is InChI=1S/C9H10N2/c10-7-8-5-3-1-2-4-6-9(8)11/h1,3,5-6H,2,4,11H2/b3-1-,8-5-,9-6+. The van der Waals surface area contributed by atoms with E-state index in [2.05, 4.69) is 0 Å². The lowest BCUT2D eigenvalue weighted by molar-refractivity contribution is 1.03. The van der Waals surface area contributed by atoms with E-state index in [1.165, 1.54) is 0 Å². The highest BCUT2D eigenvalue weighted by Gasteiger charge is 1.98. The molecule has 11 heavy (non-hydrogen) atoms. The van der Waals surface area contributed by atoms with Crippen molar-refractivity contribution in [1.82, 2.24) is 0 Å². The predicted molar refractivity (Wildman–Crippen MR) is 44.3 cm³/mol. The molecule has 0 aromatic rings. The SMILES string of the molecule is N#CC1=C/C=C\CC/C=C\1N. The van der Waals surface area contributed by atoms with Gasteiger partial charge in [-0.15, -0.1) is 0 Å². The van der Waals surface area contributed by atoms with Crippen LogP contribution in [0.5, 0.6) is 0 Å². The van der Waals surface area contributed by atoms with Crippen molar-refractivity contribution >= 4 is 0 Å². The van der Waals surface area contributed by atoms with E-state index in [1.807, 2.05) is 24.3 Å². The molecule has 0 aliphatic heterocycles. The molecule has 0 bridgehead atoms. The molecule has 0 amide bonds. The zero-order valence-corrected chi connectivity index (χ0v) is 6.25. The molecule has 1 aliphatic carbocycles. The summed E-state index contributed by atoms with van der Waals surface area (Å²) in [5.41, 5.74) is 6.75. The summed E-state index contributed by atoms with van der Waals surface area (Å²) < 4.78 is 0. The highest BCUT2D eigenvalue weighted by atomic mass is 14.6. The lowest BCUT2D eigenvalue weighted by atomic mass is 10.1. The lowest BCUT2D eigenvalue weighted by Crippen LogP contribution is -2.00. The Bertz CT molecular complexity index is 264. The molecule has 2 N–H and O–H groups in total. The van der Waals surface area contributed by atoms with E-state index >= 15 is 0 Å². The molecule has 0 aromatic heterocycles. The fourth-order valence-corrected chi connectivity index (χ4v) is 0.904. The largest absolute Gasteiger partial charge is 0.398 e. The van der Waals surface area contributed by atoms with Gasteiger partial charge in [0.15, 0.2) is 0 Å². The van der Waals surface area contributed by atoms with Gasteiger partial charge in [0.25, 0.3) is 0 Å². The molecule has 0 saturated carbocycles. The van der Waals surface area contributed by atoms with Crippen LogP contribution >= 0.6 is 0 Å². The Labute approximate surface area is 66.3 Å². The molecule has 0 unspecified atom stereocenters. The Morgan fingerprint density at radius 3 is 3.00 bits per heavy atom. The van der Waals surface area contributed by atoms with Crippen molar-refractivity contribution in [2.45, 2.75) is 12.8 Å². The van der Waals surface area contributed by atoms with Crippen LogP contribution in [-0.2, 0) is 0 Å². The molecule has 1 rings (SSSR count). The van der Waals surface area contributed by atoms with Gasteiger partial charge in [-0.05, 0) is 18.9 Å². The quantitative estimate of drug-likeness (QED) is 0.564. The average Bonchev–Trinajstić information content (AvgIpc) is 1.98. The second-order valence-corrected chi connectivity index (χ2v) is 2.36. The average molecular weight is 146 g/mol. The smallest absolute Gasteiger partial charge is 0.101 e. The molecule has 2 heteroatoms. The van der Waals surface area contributed by atoms with Gasteiger partial charge >= 0.3 is 0 Å². The first-order chi connectivity index (χ1) is 5.34. The van der Waals surface area contributed by atoms with Crippen molar-refractivity contribution in [2.24, 2.45) is 5.73 Å². The van der Waals surface area contributed by atoms with E-state index in [1.54, 1.807) is 6.08 Å². The van der Waals surface area contributed by atoms with Gasteiger partial charge in [-0.25, -0.2) is 0 Å². The number of rotatable bonds is 0. The predicted octanol–water partition coefficient (Wildman–Crippen LogP) is 1.63. The number of nitrogens with zero attached hydrogens (tertiary/aromatic N) is 1. The molecule has 0 fully saturated rings. The first kappa shape index (κ1) is 7.62. The van der Waals surface area contributed by atoms with Gasteiger partial charge in [-0.1, -0.05) is 18.2 Å². The van der Waals surface area contributed by atoms with Crippen molar-refractivity contribution in [3.63, 3.8) is 0 Å². The van der Waals surface area contributed by atoms with Crippen LogP contribution in [0.3, 0.4) is 0 Å². The minimum atomic E-state index is 0.556. The second-order valence-electron chi connectivity index (χ2n) is 2.36. The Morgan fingerprint density at radius 2 is 2.27 bits per heavy atom. The number of nitrogens with two attached hydrogens (primary N) is 1. The van der Waals surface area contributed by atoms with Crippen LogP contribution in [0.4, 0.5) is 0 Å². The Hall–Kier alpha value is -1.49. The van der Waals surface area contributed by atoms with Gasteiger partial charge in [0.05, 0.1) is 5.57 Å². The number of allylic oxidation sites excluding steroid dienone is 5. The summed E-state index contributed by atoms with van der Waals surface area (Å²) in [6, 6.07) is 2.04. The topological polar surface area (TPSA) is 49.8 Å². The number of hydrogen-bond donors (Lipinski definition) is 1. The molecule has 2 nitrogen and oxygen atoms in total. The molecular formula is C9H10N2. The normalized spacial score (nSPS) is 29.7.